The fraction of sp³-hybridized carbons (Fsp3) is 0.667. The van der Waals surface area contributed by atoms with Gasteiger partial charge in [0.25, 0.3) is 0 Å². The molecule has 0 amide bonds. The zero-order valence-corrected chi connectivity index (χ0v) is 20.2. The second kappa shape index (κ2) is 14.8. The van der Waals surface area contributed by atoms with Crippen LogP contribution in [0.4, 0.5) is 0 Å². The van der Waals surface area contributed by atoms with E-state index in [0.717, 1.165) is 56.5 Å². The molecule has 1 saturated heterocycles. The highest BCUT2D eigenvalue weighted by molar-refractivity contribution is 8.13. The van der Waals surface area contributed by atoms with Crippen LogP contribution in [0.2, 0.25) is 5.02 Å². The van der Waals surface area contributed by atoms with Gasteiger partial charge in [0.2, 0.25) is 0 Å². The van der Waals surface area contributed by atoms with Gasteiger partial charge in [0.15, 0.2) is 6.04 Å². The SMILES string of the molecule is Cl.Cl.OC(=[NH+]C1CCCCC1)SCCCN1CCN(Cc2ccc(Cl)cc2)CC1. The van der Waals surface area contributed by atoms with Gasteiger partial charge < -0.3 is 10.0 Å². The van der Waals surface area contributed by atoms with E-state index in [1.807, 2.05) is 12.1 Å². The fourth-order valence-electron chi connectivity index (χ4n) is 3.94. The summed E-state index contributed by atoms with van der Waals surface area (Å²) >= 11 is 7.53. The second-order valence-electron chi connectivity index (χ2n) is 7.73. The molecule has 2 N–H and O–H groups in total. The van der Waals surface area contributed by atoms with Crippen molar-refractivity contribution >= 4 is 53.4 Å². The molecular weight excluding hydrogens is 449 g/mol. The number of hydrogen-bond acceptors (Lipinski definition) is 3. The summed E-state index contributed by atoms with van der Waals surface area (Å²) in [4.78, 5) is 8.36. The standard InChI is InChI=1S/C21H32ClN3OS.2ClH/c22-19-9-7-18(8-10-19)17-25-14-12-24(13-15-25)11-4-16-27-21(26)23-20-5-2-1-3-6-20;;/h7-10,20H,1-6,11-17H2,(H,23,26);2*1H/p+1. The third-order valence-corrected chi connectivity index (χ3v) is 6.71. The van der Waals surface area contributed by atoms with Crippen LogP contribution < -0.4 is 4.99 Å². The highest BCUT2D eigenvalue weighted by Crippen LogP contribution is 2.15. The molecule has 8 heteroatoms. The van der Waals surface area contributed by atoms with Gasteiger partial charge in [-0.25, -0.2) is 4.99 Å². The predicted molar refractivity (Wildman–Crippen MR) is 130 cm³/mol. The van der Waals surface area contributed by atoms with Gasteiger partial charge in [0, 0.05) is 56.3 Å². The lowest BCUT2D eigenvalue weighted by Crippen LogP contribution is -2.79. The van der Waals surface area contributed by atoms with Crippen LogP contribution in [-0.2, 0) is 6.54 Å². The minimum Gasteiger partial charge on any atom is -0.455 e. The summed E-state index contributed by atoms with van der Waals surface area (Å²) in [7, 11) is 0. The minimum atomic E-state index is 0. The van der Waals surface area contributed by atoms with Crippen LogP contribution >= 0.6 is 48.2 Å². The molecule has 1 aliphatic carbocycles. The van der Waals surface area contributed by atoms with Gasteiger partial charge >= 0.3 is 5.23 Å². The van der Waals surface area contributed by atoms with Gasteiger partial charge in [-0.05, 0) is 55.3 Å². The number of hydrogen-bond donors (Lipinski definition) is 2. The molecule has 1 saturated carbocycles. The lowest BCUT2D eigenvalue weighted by Gasteiger charge is -2.34. The molecule has 0 spiro atoms. The van der Waals surface area contributed by atoms with Crippen LogP contribution in [0.3, 0.4) is 0 Å². The van der Waals surface area contributed by atoms with Crippen LogP contribution in [0, 0.1) is 0 Å². The molecular formula is C21H35Cl3N3OS+. The minimum absolute atomic E-state index is 0. The zero-order valence-electron chi connectivity index (χ0n) is 17.0. The Morgan fingerprint density at radius 1 is 1.00 bits per heavy atom. The molecule has 0 atom stereocenters. The number of thioether (sulfide) groups is 1. The van der Waals surface area contributed by atoms with Gasteiger partial charge in [0.05, 0.1) is 0 Å². The van der Waals surface area contributed by atoms with Gasteiger partial charge in [0.1, 0.15) is 0 Å². The van der Waals surface area contributed by atoms with Gasteiger partial charge in [-0.1, -0.05) is 30.2 Å². The number of aliphatic hydroxyl groups excluding tert-OH is 1. The molecule has 0 aromatic heterocycles. The highest BCUT2D eigenvalue weighted by Gasteiger charge is 2.19. The molecule has 3 rings (SSSR count). The van der Waals surface area contributed by atoms with Crippen molar-refractivity contribution in [2.75, 3.05) is 38.5 Å². The molecule has 4 nitrogen and oxygen atoms in total. The Labute approximate surface area is 197 Å². The number of aliphatic hydroxyl groups is 1. The monoisotopic (exact) mass is 482 g/mol. The number of nitrogens with one attached hydrogen (secondary N) is 1. The van der Waals surface area contributed by atoms with E-state index in [-0.39, 0.29) is 24.8 Å². The van der Waals surface area contributed by atoms with E-state index in [4.69, 9.17) is 11.6 Å². The average molecular weight is 484 g/mol. The topological polar surface area (TPSA) is 40.7 Å². The molecule has 2 aliphatic rings. The molecule has 1 heterocycles. The van der Waals surface area contributed by atoms with Crippen molar-refractivity contribution in [3.63, 3.8) is 0 Å². The van der Waals surface area contributed by atoms with E-state index < -0.39 is 0 Å². The number of halogens is 3. The van der Waals surface area contributed by atoms with Crippen LogP contribution in [-0.4, -0.2) is 64.7 Å². The molecule has 0 radical (unpaired) electrons. The van der Waals surface area contributed by atoms with E-state index in [1.54, 1.807) is 11.8 Å². The third kappa shape index (κ3) is 10.1. The molecule has 1 aromatic rings. The maximum absolute atomic E-state index is 10.1. The van der Waals surface area contributed by atoms with Crippen LogP contribution in [0.15, 0.2) is 24.3 Å². The zero-order chi connectivity index (χ0) is 18.9. The Balaban J connectivity index is 0.00000210. The molecule has 1 aliphatic heterocycles. The van der Waals surface area contributed by atoms with E-state index in [9.17, 15) is 5.11 Å². The number of benzene rings is 1. The van der Waals surface area contributed by atoms with Gasteiger partial charge in [-0.3, -0.25) is 4.90 Å². The Hall–Kier alpha value is -0.170. The van der Waals surface area contributed by atoms with Gasteiger partial charge in [-0.15, -0.1) is 24.8 Å². The Kier molecular flexibility index (Phi) is 13.7. The van der Waals surface area contributed by atoms with E-state index >= 15 is 0 Å². The largest absolute Gasteiger partial charge is 0.455 e. The normalized spacial score (nSPS) is 19.4. The first-order valence-electron chi connectivity index (χ1n) is 10.3. The number of nitrogens with zero attached hydrogens (tertiary/aromatic N) is 2. The molecule has 0 unspecified atom stereocenters. The van der Waals surface area contributed by atoms with Crippen molar-refractivity contribution in [3.8, 4) is 0 Å². The molecule has 29 heavy (non-hydrogen) atoms. The smallest absolute Gasteiger partial charge is 0.396 e. The predicted octanol–water partition coefficient (Wildman–Crippen LogP) is 3.75. The summed E-state index contributed by atoms with van der Waals surface area (Å²) in [6.07, 6.45) is 7.45. The lowest BCUT2D eigenvalue weighted by atomic mass is 9.96. The average Bonchev–Trinajstić information content (AvgIpc) is 2.69. The second-order valence-corrected chi connectivity index (χ2v) is 9.25. The van der Waals surface area contributed by atoms with E-state index in [2.05, 4.69) is 26.9 Å². The summed E-state index contributed by atoms with van der Waals surface area (Å²) in [5.74, 6) is 0.983. The molecule has 2 fully saturated rings. The van der Waals surface area contributed by atoms with Crippen molar-refractivity contribution in [1.82, 2.24) is 9.80 Å². The highest BCUT2D eigenvalue weighted by atomic mass is 35.5. The van der Waals surface area contributed by atoms with Crippen molar-refractivity contribution in [2.45, 2.75) is 51.1 Å². The maximum Gasteiger partial charge on any atom is 0.396 e. The van der Waals surface area contributed by atoms with Crippen molar-refractivity contribution in [1.29, 1.82) is 0 Å². The van der Waals surface area contributed by atoms with Crippen LogP contribution in [0.25, 0.3) is 0 Å². The molecule has 166 valence electrons. The summed E-state index contributed by atoms with van der Waals surface area (Å²) in [5, 5.41) is 11.3. The van der Waals surface area contributed by atoms with E-state index in [1.165, 1.54) is 37.7 Å². The van der Waals surface area contributed by atoms with Crippen molar-refractivity contribution < 1.29 is 10.1 Å². The summed E-state index contributed by atoms with van der Waals surface area (Å²) < 4.78 is 0. The Morgan fingerprint density at radius 2 is 1.62 bits per heavy atom. The summed E-state index contributed by atoms with van der Waals surface area (Å²) in [6, 6.07) is 8.67. The van der Waals surface area contributed by atoms with Crippen molar-refractivity contribution in [3.05, 3.63) is 34.9 Å². The van der Waals surface area contributed by atoms with Gasteiger partial charge in [-0.2, -0.15) is 0 Å². The van der Waals surface area contributed by atoms with E-state index in [0.29, 0.717) is 11.3 Å². The third-order valence-electron chi connectivity index (χ3n) is 5.57. The summed E-state index contributed by atoms with van der Waals surface area (Å²) in [6.45, 7) is 6.64. The number of piperazine rings is 1. The van der Waals surface area contributed by atoms with Crippen LogP contribution in [0.1, 0.15) is 44.1 Å². The molecule has 1 aromatic carbocycles. The number of rotatable bonds is 7. The first-order chi connectivity index (χ1) is 13.2. The maximum atomic E-state index is 10.1. The Morgan fingerprint density at radius 3 is 2.28 bits per heavy atom. The summed E-state index contributed by atoms with van der Waals surface area (Å²) in [5.41, 5.74) is 1.33. The molecule has 0 bridgehead atoms. The van der Waals surface area contributed by atoms with Crippen LogP contribution in [0.5, 0.6) is 0 Å². The lowest BCUT2D eigenvalue weighted by molar-refractivity contribution is -0.512. The fourth-order valence-corrected chi connectivity index (χ4v) is 4.78. The quantitative estimate of drug-likeness (QED) is 0.352. The first kappa shape index (κ1) is 26.9. The van der Waals surface area contributed by atoms with Crippen molar-refractivity contribution in [2.24, 2.45) is 0 Å². The first-order valence-corrected chi connectivity index (χ1v) is 11.7. The Bertz CT molecular complexity index is 589.